The molecular weight excluding hydrogens is 330 g/mol. The van der Waals surface area contributed by atoms with Crippen LogP contribution >= 0.6 is 12.2 Å². The third kappa shape index (κ3) is 4.93. The number of hydrogen-bond donors (Lipinski definition) is 1. The van der Waals surface area contributed by atoms with E-state index in [1.54, 1.807) is 0 Å². The quantitative estimate of drug-likeness (QED) is 0.828. The summed E-state index contributed by atoms with van der Waals surface area (Å²) in [7, 11) is 2.24. The lowest BCUT2D eigenvalue weighted by molar-refractivity contribution is 0.0576. The van der Waals surface area contributed by atoms with Crippen LogP contribution in [-0.4, -0.2) is 60.3 Å². The normalized spacial score (nSPS) is 21.8. The van der Waals surface area contributed by atoms with Gasteiger partial charge in [0, 0.05) is 38.0 Å². The van der Waals surface area contributed by atoms with Crippen molar-refractivity contribution in [3.63, 3.8) is 0 Å². The van der Waals surface area contributed by atoms with E-state index < -0.39 is 0 Å². The first-order chi connectivity index (χ1) is 12.0. The lowest BCUT2D eigenvalue weighted by atomic mass is 10.0. The van der Waals surface area contributed by atoms with Crippen molar-refractivity contribution in [2.24, 2.45) is 0 Å². The molecule has 1 N–H and O–H groups in total. The number of thiocarbonyl (C=S) groups is 1. The van der Waals surface area contributed by atoms with Gasteiger partial charge in [-0.05, 0) is 82.1 Å². The molecule has 2 aliphatic heterocycles. The summed E-state index contributed by atoms with van der Waals surface area (Å²) in [6, 6.07) is 7.07. The highest BCUT2D eigenvalue weighted by molar-refractivity contribution is 7.80. The number of nitrogens with one attached hydrogen (secondary N) is 1. The number of hydrogen-bond acceptors (Lipinski definition) is 3. The van der Waals surface area contributed by atoms with E-state index in [-0.39, 0.29) is 0 Å². The van der Waals surface area contributed by atoms with E-state index in [0.29, 0.717) is 12.1 Å². The maximum Gasteiger partial charge on any atom is 0.173 e. The summed E-state index contributed by atoms with van der Waals surface area (Å²) in [5.74, 6) is 0. The van der Waals surface area contributed by atoms with Crippen LogP contribution in [0.15, 0.2) is 18.2 Å². The van der Waals surface area contributed by atoms with Gasteiger partial charge in [-0.3, -0.25) is 0 Å². The Morgan fingerprint density at radius 3 is 2.64 bits per heavy atom. The molecule has 0 amide bonds. The molecule has 3 rings (SSSR count). The highest BCUT2D eigenvalue weighted by Gasteiger charge is 2.26. The Bertz CT molecular complexity index is 593. The SMILES string of the molecule is Cc1ccc(NC(=S)N2CCC(N(C)C[C@@H]3CCCO3)CC2)cc1C. The monoisotopic (exact) mass is 361 g/mol. The molecule has 25 heavy (non-hydrogen) atoms. The third-order valence-corrected chi connectivity index (χ3v) is 6.01. The number of anilines is 1. The molecule has 0 unspecified atom stereocenters. The van der Waals surface area contributed by atoms with Crippen LogP contribution in [-0.2, 0) is 4.74 Å². The standard InChI is InChI=1S/C20H31N3OS/c1-15-6-7-17(13-16(15)2)21-20(25)23-10-8-18(9-11-23)22(3)14-19-5-4-12-24-19/h6-7,13,18-19H,4-5,8-12,14H2,1-3H3,(H,21,25)/t19-/m0/s1. The fraction of sp³-hybridized carbons (Fsp3) is 0.650. The van der Waals surface area contributed by atoms with E-state index in [1.807, 2.05) is 0 Å². The minimum Gasteiger partial charge on any atom is -0.377 e. The molecule has 0 saturated carbocycles. The molecule has 1 atom stereocenters. The van der Waals surface area contributed by atoms with E-state index in [4.69, 9.17) is 17.0 Å². The molecule has 2 heterocycles. The molecule has 0 radical (unpaired) electrons. The molecule has 138 valence electrons. The molecule has 0 aliphatic carbocycles. The average Bonchev–Trinajstić information content (AvgIpc) is 3.11. The van der Waals surface area contributed by atoms with Crippen molar-refractivity contribution in [1.29, 1.82) is 0 Å². The summed E-state index contributed by atoms with van der Waals surface area (Å²) in [5.41, 5.74) is 3.69. The molecule has 0 spiro atoms. The molecule has 0 aromatic heterocycles. The lowest BCUT2D eigenvalue weighted by Gasteiger charge is -2.38. The number of likely N-dealkylation sites (N-methyl/N-ethyl adjacent to an activating group) is 1. The van der Waals surface area contributed by atoms with E-state index in [1.165, 1.54) is 24.0 Å². The van der Waals surface area contributed by atoms with Crippen molar-refractivity contribution in [2.45, 2.75) is 51.7 Å². The summed E-state index contributed by atoms with van der Waals surface area (Å²) in [5, 5.41) is 4.26. The molecular formula is C20H31N3OS. The third-order valence-electron chi connectivity index (χ3n) is 5.65. The summed E-state index contributed by atoms with van der Waals surface area (Å²) >= 11 is 5.63. The van der Waals surface area contributed by atoms with Crippen LogP contribution in [0.25, 0.3) is 0 Å². The Hall–Kier alpha value is -1.17. The first-order valence-electron chi connectivity index (χ1n) is 9.48. The number of benzene rings is 1. The second kappa shape index (κ2) is 8.47. The zero-order valence-electron chi connectivity index (χ0n) is 15.8. The van der Waals surface area contributed by atoms with Gasteiger partial charge in [-0.25, -0.2) is 0 Å². The topological polar surface area (TPSA) is 27.7 Å². The predicted octanol–water partition coefficient (Wildman–Crippen LogP) is 3.58. The minimum atomic E-state index is 0.440. The van der Waals surface area contributed by atoms with Crippen molar-refractivity contribution >= 4 is 23.0 Å². The van der Waals surface area contributed by atoms with Gasteiger partial charge in [-0.1, -0.05) is 6.07 Å². The number of rotatable bonds is 4. The maximum absolute atomic E-state index is 5.78. The summed E-state index contributed by atoms with van der Waals surface area (Å²) < 4.78 is 5.78. The number of likely N-dealkylation sites (tertiary alicyclic amines) is 1. The maximum atomic E-state index is 5.78. The summed E-state index contributed by atoms with van der Waals surface area (Å²) in [6.07, 6.45) is 5.20. The summed E-state index contributed by atoms with van der Waals surface area (Å²) in [4.78, 5) is 4.80. The van der Waals surface area contributed by atoms with Crippen LogP contribution in [0.2, 0.25) is 0 Å². The lowest BCUT2D eigenvalue weighted by Crippen LogP contribution is -2.48. The minimum absolute atomic E-state index is 0.440. The van der Waals surface area contributed by atoms with Crippen LogP contribution in [0.5, 0.6) is 0 Å². The fourth-order valence-electron chi connectivity index (χ4n) is 3.79. The van der Waals surface area contributed by atoms with Gasteiger partial charge in [-0.2, -0.15) is 0 Å². The Labute approximate surface area is 157 Å². The molecule has 1 aromatic rings. The van der Waals surface area contributed by atoms with Gasteiger partial charge < -0.3 is 19.9 Å². The van der Waals surface area contributed by atoms with Crippen LogP contribution in [0, 0.1) is 13.8 Å². The van der Waals surface area contributed by atoms with Gasteiger partial charge in [0.1, 0.15) is 0 Å². The van der Waals surface area contributed by atoms with Crippen molar-refractivity contribution in [3.8, 4) is 0 Å². The van der Waals surface area contributed by atoms with Gasteiger partial charge in [0.2, 0.25) is 0 Å². The second-order valence-electron chi connectivity index (χ2n) is 7.52. The Kier molecular flexibility index (Phi) is 6.31. The van der Waals surface area contributed by atoms with Crippen molar-refractivity contribution in [3.05, 3.63) is 29.3 Å². The molecule has 1 aromatic carbocycles. The van der Waals surface area contributed by atoms with Crippen LogP contribution < -0.4 is 5.32 Å². The average molecular weight is 362 g/mol. The number of ether oxygens (including phenoxy) is 1. The largest absolute Gasteiger partial charge is 0.377 e. The summed E-state index contributed by atoms with van der Waals surface area (Å²) in [6.45, 7) is 8.33. The molecule has 2 aliphatic rings. The van der Waals surface area contributed by atoms with E-state index in [2.05, 4.69) is 54.2 Å². The van der Waals surface area contributed by atoms with Gasteiger partial charge in [0.05, 0.1) is 6.10 Å². The van der Waals surface area contributed by atoms with Crippen LogP contribution in [0.1, 0.15) is 36.8 Å². The molecule has 4 nitrogen and oxygen atoms in total. The highest BCUT2D eigenvalue weighted by Crippen LogP contribution is 2.20. The van der Waals surface area contributed by atoms with E-state index >= 15 is 0 Å². The molecule has 2 fully saturated rings. The number of piperidine rings is 1. The first kappa shape index (κ1) is 18.6. The smallest absolute Gasteiger partial charge is 0.173 e. The number of nitrogens with zero attached hydrogens (tertiary/aromatic N) is 2. The Balaban J connectivity index is 1.46. The van der Waals surface area contributed by atoms with E-state index in [9.17, 15) is 0 Å². The Morgan fingerprint density at radius 1 is 1.24 bits per heavy atom. The van der Waals surface area contributed by atoms with Crippen molar-refractivity contribution in [2.75, 3.05) is 38.6 Å². The van der Waals surface area contributed by atoms with Gasteiger partial charge in [-0.15, -0.1) is 0 Å². The predicted molar refractivity (Wildman–Crippen MR) is 108 cm³/mol. The van der Waals surface area contributed by atoms with Crippen LogP contribution in [0.4, 0.5) is 5.69 Å². The highest BCUT2D eigenvalue weighted by atomic mass is 32.1. The van der Waals surface area contributed by atoms with Crippen molar-refractivity contribution < 1.29 is 4.74 Å². The Morgan fingerprint density at radius 2 is 2.00 bits per heavy atom. The van der Waals surface area contributed by atoms with Gasteiger partial charge >= 0.3 is 0 Å². The van der Waals surface area contributed by atoms with E-state index in [0.717, 1.165) is 49.9 Å². The first-order valence-corrected chi connectivity index (χ1v) is 9.89. The van der Waals surface area contributed by atoms with Gasteiger partial charge in [0.15, 0.2) is 5.11 Å². The van der Waals surface area contributed by atoms with Crippen LogP contribution in [0.3, 0.4) is 0 Å². The zero-order chi connectivity index (χ0) is 17.8. The number of aryl methyl sites for hydroxylation is 2. The fourth-order valence-corrected chi connectivity index (χ4v) is 4.09. The van der Waals surface area contributed by atoms with Gasteiger partial charge in [0.25, 0.3) is 0 Å². The zero-order valence-corrected chi connectivity index (χ0v) is 16.6. The molecule has 0 bridgehead atoms. The van der Waals surface area contributed by atoms with Crippen molar-refractivity contribution in [1.82, 2.24) is 9.80 Å². The second-order valence-corrected chi connectivity index (χ2v) is 7.91. The molecule has 2 saturated heterocycles. The molecule has 5 heteroatoms.